The van der Waals surface area contributed by atoms with E-state index in [0.717, 1.165) is 47.7 Å². The van der Waals surface area contributed by atoms with Crippen LogP contribution in [0.2, 0.25) is 0 Å². The molecule has 1 aromatic heterocycles. The van der Waals surface area contributed by atoms with Gasteiger partial charge in [0.25, 0.3) is 0 Å². The first-order valence-corrected chi connectivity index (χ1v) is 9.68. The van der Waals surface area contributed by atoms with Crippen molar-refractivity contribution < 1.29 is 14.3 Å². The van der Waals surface area contributed by atoms with Crippen LogP contribution >= 0.6 is 0 Å². The average molecular weight is 383 g/mol. The van der Waals surface area contributed by atoms with Gasteiger partial charge >= 0.3 is 6.09 Å². The third kappa shape index (κ3) is 4.11. The molecule has 8 heteroatoms. The number of H-pyrrole nitrogens is 1. The molecule has 2 amide bonds. The van der Waals surface area contributed by atoms with E-state index in [1.54, 1.807) is 0 Å². The molecule has 2 heterocycles. The lowest BCUT2D eigenvalue weighted by Crippen LogP contribution is -2.33. The minimum Gasteiger partial charge on any atom is -0.446 e. The Kier molecular flexibility index (Phi) is 4.93. The molecule has 2 atom stereocenters. The van der Waals surface area contributed by atoms with E-state index in [9.17, 15) is 9.59 Å². The molecule has 8 nitrogen and oxygen atoms in total. The second-order valence-corrected chi connectivity index (χ2v) is 7.77. The van der Waals surface area contributed by atoms with Gasteiger partial charge in [0.2, 0.25) is 5.91 Å². The van der Waals surface area contributed by atoms with Gasteiger partial charge in [-0.1, -0.05) is 6.07 Å². The molecule has 0 saturated heterocycles. The number of alkyl carbamates (subject to hydrolysis) is 1. The number of nitrogens with one attached hydrogen (secondary N) is 4. The van der Waals surface area contributed by atoms with Crippen LogP contribution in [0.5, 0.6) is 0 Å². The van der Waals surface area contributed by atoms with Crippen molar-refractivity contribution in [3.63, 3.8) is 0 Å². The molecule has 28 heavy (non-hydrogen) atoms. The number of amides is 2. The summed E-state index contributed by atoms with van der Waals surface area (Å²) in [5.74, 6) is 1.04. The van der Waals surface area contributed by atoms with Crippen LogP contribution < -0.4 is 16.0 Å². The van der Waals surface area contributed by atoms with E-state index in [4.69, 9.17) is 4.74 Å². The zero-order chi connectivity index (χ0) is 19.7. The van der Waals surface area contributed by atoms with Gasteiger partial charge in [0, 0.05) is 35.1 Å². The highest BCUT2D eigenvalue weighted by atomic mass is 16.6. The van der Waals surface area contributed by atoms with Gasteiger partial charge in [-0.2, -0.15) is 5.10 Å². The first kappa shape index (κ1) is 18.3. The number of anilines is 3. The van der Waals surface area contributed by atoms with Crippen LogP contribution in [0, 0.1) is 0 Å². The lowest BCUT2D eigenvalue weighted by atomic mass is 10.0. The molecule has 1 fully saturated rings. The highest BCUT2D eigenvalue weighted by Crippen LogP contribution is 2.36. The fourth-order valence-electron chi connectivity index (χ4n) is 3.80. The van der Waals surface area contributed by atoms with Crippen LogP contribution in [0.4, 0.5) is 22.0 Å². The molecule has 1 aliphatic heterocycles. The second-order valence-electron chi connectivity index (χ2n) is 7.77. The van der Waals surface area contributed by atoms with E-state index in [1.165, 1.54) is 0 Å². The number of hydrogen-bond acceptors (Lipinski definition) is 5. The molecule has 4 rings (SSSR count). The number of ether oxygens (including phenoxy) is 1. The molecule has 0 bridgehead atoms. The average Bonchev–Trinajstić information content (AvgIpc) is 3.32. The van der Waals surface area contributed by atoms with Gasteiger partial charge < -0.3 is 20.7 Å². The number of fused-ring (bicyclic) bond motifs is 1. The maximum atomic E-state index is 11.8. The molecule has 2 aromatic rings. The molecule has 0 spiro atoms. The quantitative estimate of drug-likeness (QED) is 0.633. The number of hydrogen-bond donors (Lipinski definition) is 4. The maximum absolute atomic E-state index is 11.8. The Morgan fingerprint density at radius 3 is 2.96 bits per heavy atom. The molecular weight excluding hydrogens is 358 g/mol. The fourth-order valence-corrected chi connectivity index (χ4v) is 3.80. The maximum Gasteiger partial charge on any atom is 0.407 e. The van der Waals surface area contributed by atoms with Crippen LogP contribution in [0.3, 0.4) is 0 Å². The Bertz CT molecular complexity index is 892. The topological polar surface area (TPSA) is 108 Å². The Balaban J connectivity index is 1.34. The van der Waals surface area contributed by atoms with Gasteiger partial charge in [-0.25, -0.2) is 4.79 Å². The lowest BCUT2D eigenvalue weighted by molar-refractivity contribution is -0.115. The SMILES string of the molecule is CC(C)NC(=O)O[C@@H]1CCC(c2cc(Nc3ccc4c(c3)NC(=O)C4)n[nH]2)C1. The van der Waals surface area contributed by atoms with Crippen molar-refractivity contribution in [3.8, 4) is 0 Å². The van der Waals surface area contributed by atoms with Crippen molar-refractivity contribution in [2.45, 2.75) is 57.6 Å². The summed E-state index contributed by atoms with van der Waals surface area (Å²) >= 11 is 0. The van der Waals surface area contributed by atoms with E-state index >= 15 is 0 Å². The van der Waals surface area contributed by atoms with Gasteiger partial charge in [0.1, 0.15) is 6.10 Å². The minimum absolute atomic E-state index is 0.0225. The lowest BCUT2D eigenvalue weighted by Gasteiger charge is -2.14. The van der Waals surface area contributed by atoms with Crippen molar-refractivity contribution in [2.75, 3.05) is 10.6 Å². The van der Waals surface area contributed by atoms with E-state index in [2.05, 4.69) is 26.1 Å². The van der Waals surface area contributed by atoms with Crippen LogP contribution in [0.25, 0.3) is 0 Å². The van der Waals surface area contributed by atoms with E-state index in [-0.39, 0.29) is 24.1 Å². The Labute approximate surface area is 163 Å². The fraction of sp³-hybridized carbons (Fsp3) is 0.450. The standard InChI is InChI=1S/C20H25N5O3/c1-11(2)21-20(27)28-15-6-4-12(7-15)17-10-18(25-24-17)22-14-5-3-13-8-19(26)23-16(13)9-14/h3,5,9-12,15H,4,6-8H2,1-2H3,(H,21,27)(H,23,26)(H2,22,24,25)/t12?,15-/m1/s1. The third-order valence-electron chi connectivity index (χ3n) is 5.11. The number of benzene rings is 1. The molecule has 4 N–H and O–H groups in total. The van der Waals surface area contributed by atoms with Crippen molar-refractivity contribution in [2.24, 2.45) is 0 Å². The summed E-state index contributed by atoms with van der Waals surface area (Å²) in [6.07, 6.45) is 2.61. The number of aromatic nitrogens is 2. The molecule has 1 aromatic carbocycles. The summed E-state index contributed by atoms with van der Waals surface area (Å²) in [7, 11) is 0. The normalized spacial score (nSPS) is 20.8. The second kappa shape index (κ2) is 7.53. The predicted octanol–water partition coefficient (Wildman–Crippen LogP) is 3.42. The minimum atomic E-state index is -0.351. The van der Waals surface area contributed by atoms with Crippen LogP contribution in [-0.2, 0) is 16.0 Å². The number of carbonyl (C=O) groups is 2. The van der Waals surface area contributed by atoms with Crippen LogP contribution in [0.1, 0.15) is 50.3 Å². The van der Waals surface area contributed by atoms with Crippen molar-refractivity contribution >= 4 is 29.2 Å². The Hall–Kier alpha value is -3.03. The number of nitrogens with zero attached hydrogens (tertiary/aromatic N) is 1. The summed E-state index contributed by atoms with van der Waals surface area (Å²) < 4.78 is 5.49. The van der Waals surface area contributed by atoms with Gasteiger partial charge in [0.05, 0.1) is 6.42 Å². The smallest absolute Gasteiger partial charge is 0.407 e. The number of carbonyl (C=O) groups excluding carboxylic acids is 2. The number of rotatable bonds is 5. The highest BCUT2D eigenvalue weighted by Gasteiger charge is 2.30. The summed E-state index contributed by atoms with van der Waals surface area (Å²) in [4.78, 5) is 23.3. The Morgan fingerprint density at radius 2 is 2.14 bits per heavy atom. The van der Waals surface area contributed by atoms with E-state index in [1.807, 2.05) is 38.1 Å². The Morgan fingerprint density at radius 1 is 1.29 bits per heavy atom. The van der Waals surface area contributed by atoms with Crippen molar-refractivity contribution in [3.05, 3.63) is 35.5 Å². The largest absolute Gasteiger partial charge is 0.446 e. The summed E-state index contributed by atoms with van der Waals surface area (Å²) in [6.45, 7) is 3.82. The van der Waals surface area contributed by atoms with Crippen LogP contribution in [0.15, 0.2) is 24.3 Å². The molecule has 2 aliphatic rings. The molecule has 0 radical (unpaired) electrons. The molecule has 1 unspecified atom stereocenters. The van der Waals surface area contributed by atoms with Gasteiger partial charge in [-0.05, 0) is 50.8 Å². The van der Waals surface area contributed by atoms with Crippen molar-refractivity contribution in [1.82, 2.24) is 15.5 Å². The first-order chi connectivity index (χ1) is 13.5. The number of aromatic amines is 1. The van der Waals surface area contributed by atoms with E-state index < -0.39 is 0 Å². The van der Waals surface area contributed by atoms with Gasteiger partial charge in [-0.3, -0.25) is 9.89 Å². The molecule has 148 valence electrons. The molecule has 1 saturated carbocycles. The molecular formula is C20H25N5O3. The van der Waals surface area contributed by atoms with Gasteiger partial charge in [0.15, 0.2) is 5.82 Å². The summed E-state index contributed by atoms with van der Waals surface area (Å²) in [6, 6.07) is 7.87. The third-order valence-corrected chi connectivity index (χ3v) is 5.11. The van der Waals surface area contributed by atoms with Crippen molar-refractivity contribution in [1.29, 1.82) is 0 Å². The van der Waals surface area contributed by atoms with Gasteiger partial charge in [-0.15, -0.1) is 0 Å². The van der Waals surface area contributed by atoms with E-state index in [0.29, 0.717) is 12.3 Å². The summed E-state index contributed by atoms with van der Waals surface area (Å²) in [5, 5.41) is 16.3. The van der Waals surface area contributed by atoms with Crippen LogP contribution in [-0.4, -0.2) is 34.3 Å². The predicted molar refractivity (Wildman–Crippen MR) is 106 cm³/mol. The zero-order valence-corrected chi connectivity index (χ0v) is 16.0. The molecule has 1 aliphatic carbocycles. The monoisotopic (exact) mass is 383 g/mol. The first-order valence-electron chi connectivity index (χ1n) is 9.68. The highest BCUT2D eigenvalue weighted by molar-refractivity contribution is 5.99. The zero-order valence-electron chi connectivity index (χ0n) is 16.0. The summed E-state index contributed by atoms with van der Waals surface area (Å²) in [5.41, 5.74) is 3.77.